The molecule has 0 aliphatic carbocycles. The number of nitrogens with zero attached hydrogens (tertiary/aromatic N) is 3. The number of guanidine groups is 1. The van der Waals surface area contributed by atoms with Crippen LogP contribution in [0.5, 0.6) is 0 Å². The summed E-state index contributed by atoms with van der Waals surface area (Å²) in [5.41, 5.74) is 4.32. The minimum atomic E-state index is 0.183. The third-order valence-electron chi connectivity index (χ3n) is 4.14. The predicted molar refractivity (Wildman–Crippen MR) is 103 cm³/mol. The van der Waals surface area contributed by atoms with E-state index in [1.165, 1.54) is 11.3 Å². The third kappa shape index (κ3) is 4.18. The number of aliphatic imine (C=N–C) groups is 1. The van der Waals surface area contributed by atoms with Crippen LogP contribution in [-0.4, -0.2) is 21.9 Å². The number of hydrogen-bond donors (Lipinski definition) is 2. The van der Waals surface area contributed by atoms with Crippen LogP contribution in [0, 0.1) is 6.92 Å². The van der Waals surface area contributed by atoms with Gasteiger partial charge in [-0.25, -0.2) is 9.98 Å². The molecular weight excluding hydrogens is 310 g/mol. The number of benzene rings is 1. The first kappa shape index (κ1) is 17.0. The minimum Gasteiger partial charge on any atom is -0.357 e. The van der Waals surface area contributed by atoms with Gasteiger partial charge in [0.1, 0.15) is 5.65 Å². The molecule has 0 radical (unpaired) electrons. The van der Waals surface area contributed by atoms with Crippen molar-refractivity contribution in [3.63, 3.8) is 0 Å². The van der Waals surface area contributed by atoms with Crippen LogP contribution in [0.15, 0.2) is 59.7 Å². The highest BCUT2D eigenvalue weighted by molar-refractivity contribution is 5.80. The number of nitrogens with one attached hydrogen (secondary N) is 2. The quantitative estimate of drug-likeness (QED) is 0.554. The molecule has 130 valence electrons. The summed E-state index contributed by atoms with van der Waals surface area (Å²) in [4.78, 5) is 9.34. The lowest BCUT2D eigenvalue weighted by Gasteiger charge is -2.18. The Bertz CT molecular complexity index is 851. The average Bonchev–Trinajstić information content (AvgIpc) is 3.05. The molecule has 1 atom stereocenters. The summed E-state index contributed by atoms with van der Waals surface area (Å²) >= 11 is 0. The molecule has 25 heavy (non-hydrogen) atoms. The lowest BCUT2D eigenvalue weighted by molar-refractivity contribution is 0.686. The molecule has 2 heterocycles. The first-order valence-corrected chi connectivity index (χ1v) is 8.70. The highest BCUT2D eigenvalue weighted by atomic mass is 15.2. The second-order valence-corrected chi connectivity index (χ2v) is 6.10. The molecule has 0 spiro atoms. The van der Waals surface area contributed by atoms with Gasteiger partial charge in [0.15, 0.2) is 5.96 Å². The Morgan fingerprint density at radius 3 is 2.68 bits per heavy atom. The summed E-state index contributed by atoms with van der Waals surface area (Å²) in [6.07, 6.45) is 2.05. The van der Waals surface area contributed by atoms with Crippen molar-refractivity contribution in [1.29, 1.82) is 0 Å². The van der Waals surface area contributed by atoms with E-state index in [9.17, 15) is 0 Å². The van der Waals surface area contributed by atoms with Crippen LogP contribution in [-0.2, 0) is 6.54 Å². The zero-order valence-electron chi connectivity index (χ0n) is 15.0. The molecule has 2 aromatic heterocycles. The third-order valence-corrected chi connectivity index (χ3v) is 4.14. The molecule has 5 heteroatoms. The van der Waals surface area contributed by atoms with Gasteiger partial charge >= 0.3 is 0 Å². The highest BCUT2D eigenvalue weighted by Gasteiger charge is 2.08. The largest absolute Gasteiger partial charge is 0.357 e. The van der Waals surface area contributed by atoms with Crippen molar-refractivity contribution >= 4 is 11.6 Å². The maximum absolute atomic E-state index is 4.69. The molecule has 0 fully saturated rings. The van der Waals surface area contributed by atoms with Gasteiger partial charge in [-0.1, -0.05) is 36.4 Å². The first-order chi connectivity index (χ1) is 12.2. The second-order valence-electron chi connectivity index (χ2n) is 6.10. The van der Waals surface area contributed by atoms with E-state index >= 15 is 0 Å². The fourth-order valence-electron chi connectivity index (χ4n) is 2.79. The van der Waals surface area contributed by atoms with Crippen molar-refractivity contribution in [2.45, 2.75) is 33.4 Å². The van der Waals surface area contributed by atoms with Gasteiger partial charge in [-0.15, -0.1) is 0 Å². The molecule has 3 rings (SSSR count). The van der Waals surface area contributed by atoms with Gasteiger partial charge in [0.2, 0.25) is 0 Å². The number of imidazole rings is 1. The molecule has 1 unspecified atom stereocenters. The Labute approximate surface area is 148 Å². The van der Waals surface area contributed by atoms with Crippen LogP contribution >= 0.6 is 0 Å². The van der Waals surface area contributed by atoms with E-state index in [0.717, 1.165) is 23.8 Å². The van der Waals surface area contributed by atoms with Crippen molar-refractivity contribution in [2.24, 2.45) is 4.99 Å². The zero-order valence-corrected chi connectivity index (χ0v) is 15.0. The Morgan fingerprint density at radius 2 is 1.96 bits per heavy atom. The van der Waals surface area contributed by atoms with E-state index in [2.05, 4.69) is 77.3 Å². The van der Waals surface area contributed by atoms with Gasteiger partial charge in [0.25, 0.3) is 0 Å². The van der Waals surface area contributed by atoms with E-state index in [-0.39, 0.29) is 6.04 Å². The summed E-state index contributed by atoms with van der Waals surface area (Å²) in [5.74, 6) is 0.799. The molecule has 0 saturated heterocycles. The number of fused-ring (bicyclic) bond motifs is 1. The summed E-state index contributed by atoms with van der Waals surface area (Å²) in [6, 6.07) is 16.7. The van der Waals surface area contributed by atoms with Crippen molar-refractivity contribution in [3.8, 4) is 0 Å². The number of aryl methyl sites for hydroxylation is 1. The van der Waals surface area contributed by atoms with Crippen molar-refractivity contribution in [1.82, 2.24) is 20.0 Å². The average molecular weight is 335 g/mol. The van der Waals surface area contributed by atoms with Gasteiger partial charge in [0, 0.05) is 18.4 Å². The molecule has 5 nitrogen and oxygen atoms in total. The second kappa shape index (κ2) is 7.83. The van der Waals surface area contributed by atoms with Crippen LogP contribution in [0.2, 0.25) is 0 Å². The van der Waals surface area contributed by atoms with Crippen molar-refractivity contribution < 1.29 is 0 Å². The zero-order chi connectivity index (χ0) is 17.6. The molecule has 0 bridgehead atoms. The normalized spacial score (nSPS) is 13.0. The maximum atomic E-state index is 4.69. The molecule has 1 aromatic carbocycles. The molecular formula is C20H25N5. The topological polar surface area (TPSA) is 53.7 Å². The van der Waals surface area contributed by atoms with Gasteiger partial charge in [-0.3, -0.25) is 0 Å². The van der Waals surface area contributed by atoms with E-state index in [1.54, 1.807) is 0 Å². The van der Waals surface area contributed by atoms with E-state index in [1.807, 2.05) is 18.2 Å². The highest BCUT2D eigenvalue weighted by Crippen LogP contribution is 2.12. The van der Waals surface area contributed by atoms with Gasteiger partial charge < -0.3 is 15.0 Å². The lowest BCUT2D eigenvalue weighted by Crippen LogP contribution is -2.38. The summed E-state index contributed by atoms with van der Waals surface area (Å²) < 4.78 is 2.10. The maximum Gasteiger partial charge on any atom is 0.192 e. The van der Waals surface area contributed by atoms with E-state index < -0.39 is 0 Å². The number of pyridine rings is 1. The fraction of sp³-hybridized carbons (Fsp3) is 0.300. The summed E-state index contributed by atoms with van der Waals surface area (Å²) in [7, 11) is 0. The Hall–Kier alpha value is -2.82. The van der Waals surface area contributed by atoms with Crippen LogP contribution < -0.4 is 10.6 Å². The molecule has 0 aliphatic rings. The van der Waals surface area contributed by atoms with E-state index in [0.29, 0.717) is 6.54 Å². The van der Waals surface area contributed by atoms with Gasteiger partial charge in [-0.05, 0) is 38.5 Å². The SMILES string of the molecule is CCNC(=NCc1cn2c(C)cccc2n1)NC(C)c1ccccc1. The summed E-state index contributed by atoms with van der Waals surface area (Å²) in [6.45, 7) is 7.64. The molecule has 0 saturated carbocycles. The van der Waals surface area contributed by atoms with Crippen LogP contribution in [0.4, 0.5) is 0 Å². The van der Waals surface area contributed by atoms with Crippen molar-refractivity contribution in [3.05, 3.63) is 71.7 Å². The van der Waals surface area contributed by atoms with Gasteiger partial charge in [0.05, 0.1) is 18.3 Å². The predicted octanol–water partition coefficient (Wildman–Crippen LogP) is 3.46. The van der Waals surface area contributed by atoms with Crippen LogP contribution in [0.1, 0.15) is 36.8 Å². The van der Waals surface area contributed by atoms with E-state index in [4.69, 9.17) is 4.99 Å². The Kier molecular flexibility index (Phi) is 5.33. The molecule has 0 amide bonds. The minimum absolute atomic E-state index is 0.183. The number of rotatable bonds is 5. The monoisotopic (exact) mass is 335 g/mol. The van der Waals surface area contributed by atoms with Crippen LogP contribution in [0.3, 0.4) is 0 Å². The molecule has 0 aliphatic heterocycles. The fourth-order valence-corrected chi connectivity index (χ4v) is 2.79. The molecule has 2 N–H and O–H groups in total. The Morgan fingerprint density at radius 1 is 1.16 bits per heavy atom. The Balaban J connectivity index is 1.74. The standard InChI is InChI=1S/C20H25N5/c1-4-21-20(23-16(3)17-10-6-5-7-11-17)22-13-18-14-25-15(2)9-8-12-19(25)24-18/h5-12,14,16H,4,13H2,1-3H3,(H2,21,22,23). The van der Waals surface area contributed by atoms with Crippen LogP contribution in [0.25, 0.3) is 5.65 Å². The molecule has 3 aromatic rings. The van der Waals surface area contributed by atoms with Crippen molar-refractivity contribution in [2.75, 3.05) is 6.54 Å². The summed E-state index contributed by atoms with van der Waals surface area (Å²) in [5, 5.41) is 6.76. The van der Waals surface area contributed by atoms with Gasteiger partial charge in [-0.2, -0.15) is 0 Å². The smallest absolute Gasteiger partial charge is 0.192 e. The number of hydrogen-bond acceptors (Lipinski definition) is 2. The number of aromatic nitrogens is 2. The lowest BCUT2D eigenvalue weighted by atomic mass is 10.1. The first-order valence-electron chi connectivity index (χ1n) is 8.70.